The van der Waals surface area contributed by atoms with Crippen molar-refractivity contribution < 1.29 is 28.3 Å². The molecule has 2 aromatic rings. The lowest BCUT2D eigenvalue weighted by atomic mass is 9.70. The lowest BCUT2D eigenvalue weighted by Crippen LogP contribution is -2.70. The van der Waals surface area contributed by atoms with E-state index in [0.717, 1.165) is 11.3 Å². The second kappa shape index (κ2) is 10.1. The fourth-order valence-electron chi connectivity index (χ4n) is 7.19. The molecule has 7 rings (SSSR count). The second-order valence-corrected chi connectivity index (χ2v) is 11.9. The number of halogens is 3. The molecule has 8 nitrogen and oxygen atoms in total. The first-order valence-electron chi connectivity index (χ1n) is 13.9. The van der Waals surface area contributed by atoms with Crippen molar-refractivity contribution in [3.63, 3.8) is 0 Å². The highest BCUT2D eigenvalue weighted by Crippen LogP contribution is 2.54. The summed E-state index contributed by atoms with van der Waals surface area (Å²) in [5.41, 5.74) is -0.546. The molecule has 5 aliphatic rings. The maximum absolute atomic E-state index is 15.3. The van der Waals surface area contributed by atoms with Crippen LogP contribution < -0.4 is 10.6 Å². The summed E-state index contributed by atoms with van der Waals surface area (Å²) in [5, 5.41) is 27.6. The van der Waals surface area contributed by atoms with Gasteiger partial charge in [0.25, 0.3) is 11.8 Å². The number of nitriles is 1. The molecule has 0 aromatic heterocycles. The van der Waals surface area contributed by atoms with E-state index in [0.29, 0.717) is 24.1 Å². The molecule has 11 heteroatoms. The summed E-state index contributed by atoms with van der Waals surface area (Å²) in [6.07, 6.45) is 0.943. The van der Waals surface area contributed by atoms with Gasteiger partial charge in [-0.2, -0.15) is 5.26 Å². The van der Waals surface area contributed by atoms with Crippen LogP contribution in [0.15, 0.2) is 42.5 Å². The molecular weight excluding hydrogens is 554 g/mol. The van der Waals surface area contributed by atoms with Gasteiger partial charge in [-0.15, -0.1) is 0 Å². The molecule has 214 valence electrons. The number of benzene rings is 2. The van der Waals surface area contributed by atoms with E-state index in [1.165, 1.54) is 6.07 Å². The third kappa shape index (κ3) is 4.37. The van der Waals surface area contributed by atoms with Crippen molar-refractivity contribution in [1.29, 1.82) is 5.26 Å². The van der Waals surface area contributed by atoms with Crippen LogP contribution in [0.1, 0.15) is 49.7 Å². The van der Waals surface area contributed by atoms with E-state index in [9.17, 15) is 24.8 Å². The van der Waals surface area contributed by atoms with Crippen LogP contribution in [0.2, 0.25) is 5.02 Å². The highest BCUT2D eigenvalue weighted by atomic mass is 35.5. The Morgan fingerprint density at radius 3 is 2.66 bits per heavy atom. The van der Waals surface area contributed by atoms with Crippen LogP contribution in [0.25, 0.3) is 11.1 Å². The van der Waals surface area contributed by atoms with Crippen LogP contribution in [0, 0.1) is 23.2 Å². The van der Waals surface area contributed by atoms with E-state index < -0.39 is 59.7 Å². The van der Waals surface area contributed by atoms with Crippen LogP contribution in [-0.2, 0) is 20.0 Å². The van der Waals surface area contributed by atoms with E-state index in [1.54, 1.807) is 36.4 Å². The number of carbonyl (C=O) groups excluding carboxylic acids is 3. The molecule has 3 amide bonds. The third-order valence-corrected chi connectivity index (χ3v) is 9.35. The summed E-state index contributed by atoms with van der Waals surface area (Å²) in [6, 6.07) is 9.88. The standard InChI is InChI=1S/C30H29ClF2N4O4/c31-17-7-9-21-20-5-1-2-6-22(20)30(41,24(21)13-17)28(40)37-19-8-10-23(29(32,33)14-19)25(37)27(39)36-18(15-34)12-16-4-3-11-35-26(16)38/h1-2,5-7,9,13,16,18-19,23,25,41H,3-4,8,10-12,14H2,(H,35,38)(H,36,39)/t16-,18-,19-,23-,25-,30?/m1/s1. The van der Waals surface area contributed by atoms with Crippen molar-refractivity contribution in [3.8, 4) is 17.2 Å². The molecule has 1 saturated carbocycles. The Morgan fingerprint density at radius 2 is 1.93 bits per heavy atom. The number of nitrogens with zero attached hydrogens (tertiary/aromatic N) is 2. The SMILES string of the molecule is N#C[C@@H](C[C@H]1CCCNC1=O)NC(=O)[C@H]1[C@H]2CC[C@H](CC2(F)F)N1C(=O)C1(O)c2ccccc2-c2ccc(Cl)cc21. The van der Waals surface area contributed by atoms with Crippen LogP contribution in [0.3, 0.4) is 0 Å². The molecule has 1 unspecified atom stereocenters. The Balaban J connectivity index is 1.36. The summed E-state index contributed by atoms with van der Waals surface area (Å²) in [4.78, 5) is 41.6. The number of hydrogen-bond donors (Lipinski definition) is 3. The average molecular weight is 583 g/mol. The number of amides is 3. The van der Waals surface area contributed by atoms with Gasteiger partial charge in [0.05, 0.1) is 12.0 Å². The van der Waals surface area contributed by atoms with E-state index >= 15 is 8.78 Å². The number of hydrogen-bond acceptors (Lipinski definition) is 5. The van der Waals surface area contributed by atoms with Crippen molar-refractivity contribution in [2.75, 3.05) is 6.54 Å². The molecule has 0 spiro atoms. The number of fused-ring (bicyclic) bond motifs is 6. The molecule has 6 atom stereocenters. The first kappa shape index (κ1) is 27.6. The molecule has 3 heterocycles. The zero-order chi connectivity index (χ0) is 29.1. The predicted molar refractivity (Wildman–Crippen MR) is 144 cm³/mol. The van der Waals surface area contributed by atoms with Crippen molar-refractivity contribution in [1.82, 2.24) is 15.5 Å². The third-order valence-electron chi connectivity index (χ3n) is 9.12. The minimum Gasteiger partial charge on any atom is -0.372 e. The number of rotatable bonds is 5. The molecular formula is C30H29ClF2N4O4. The summed E-state index contributed by atoms with van der Waals surface area (Å²) in [5.74, 6) is -7.19. The zero-order valence-electron chi connectivity index (χ0n) is 22.1. The maximum atomic E-state index is 15.3. The lowest BCUT2D eigenvalue weighted by Gasteiger charge is -2.54. The minimum atomic E-state index is -3.22. The first-order valence-corrected chi connectivity index (χ1v) is 14.2. The van der Waals surface area contributed by atoms with E-state index in [4.69, 9.17) is 11.6 Å². The van der Waals surface area contributed by atoms with Gasteiger partial charge >= 0.3 is 0 Å². The summed E-state index contributed by atoms with van der Waals surface area (Å²) < 4.78 is 30.6. The van der Waals surface area contributed by atoms with Crippen molar-refractivity contribution >= 4 is 29.3 Å². The average Bonchev–Trinajstić information content (AvgIpc) is 3.21. The van der Waals surface area contributed by atoms with Crippen LogP contribution in [-0.4, -0.2) is 58.3 Å². The summed E-state index contributed by atoms with van der Waals surface area (Å²) in [7, 11) is 0. The predicted octanol–water partition coefficient (Wildman–Crippen LogP) is 3.50. The minimum absolute atomic E-state index is 0.0131. The van der Waals surface area contributed by atoms with Crippen LogP contribution in [0.4, 0.5) is 8.78 Å². The molecule has 3 saturated heterocycles. The number of alkyl halides is 2. The highest BCUT2D eigenvalue weighted by molar-refractivity contribution is 6.31. The van der Waals surface area contributed by atoms with Crippen molar-refractivity contribution in [3.05, 3.63) is 58.6 Å². The fourth-order valence-corrected chi connectivity index (χ4v) is 7.36. The lowest BCUT2D eigenvalue weighted by molar-refractivity contribution is -0.201. The first-order chi connectivity index (χ1) is 19.6. The van der Waals surface area contributed by atoms with E-state index in [1.807, 2.05) is 6.07 Å². The van der Waals surface area contributed by atoms with Gasteiger partial charge in [0, 0.05) is 41.1 Å². The van der Waals surface area contributed by atoms with Gasteiger partial charge < -0.3 is 20.6 Å². The van der Waals surface area contributed by atoms with Gasteiger partial charge in [-0.3, -0.25) is 14.4 Å². The highest BCUT2D eigenvalue weighted by Gasteiger charge is 2.63. The molecule has 4 fully saturated rings. The van der Waals surface area contributed by atoms with Crippen molar-refractivity contribution in [2.45, 2.75) is 68.2 Å². The zero-order valence-corrected chi connectivity index (χ0v) is 22.8. The fraction of sp³-hybridized carbons (Fsp3) is 0.467. The smallest absolute Gasteiger partial charge is 0.264 e. The van der Waals surface area contributed by atoms with Gasteiger partial charge in [-0.25, -0.2) is 8.78 Å². The molecule has 3 aliphatic heterocycles. The molecule has 41 heavy (non-hydrogen) atoms. The van der Waals surface area contributed by atoms with Gasteiger partial charge in [0.2, 0.25) is 11.8 Å². The molecule has 2 bridgehead atoms. The van der Waals surface area contributed by atoms with Crippen molar-refractivity contribution in [2.24, 2.45) is 11.8 Å². The number of nitrogens with one attached hydrogen (secondary N) is 2. The van der Waals surface area contributed by atoms with Gasteiger partial charge in [-0.1, -0.05) is 41.9 Å². The molecule has 3 N–H and O–H groups in total. The monoisotopic (exact) mass is 582 g/mol. The van der Waals surface area contributed by atoms with Crippen LogP contribution in [0.5, 0.6) is 0 Å². The Bertz CT molecular complexity index is 1480. The molecule has 0 radical (unpaired) electrons. The van der Waals surface area contributed by atoms with Crippen LogP contribution >= 0.6 is 11.6 Å². The summed E-state index contributed by atoms with van der Waals surface area (Å²) in [6.45, 7) is 0.538. The van der Waals surface area contributed by atoms with Gasteiger partial charge in [-0.05, 0) is 55.4 Å². The Kier molecular flexibility index (Phi) is 6.78. The van der Waals surface area contributed by atoms with E-state index in [2.05, 4.69) is 10.6 Å². The number of aliphatic hydroxyl groups is 1. The van der Waals surface area contributed by atoms with Gasteiger partial charge in [0.15, 0.2) is 5.60 Å². The number of carbonyl (C=O) groups is 3. The van der Waals surface area contributed by atoms with E-state index in [-0.39, 0.29) is 41.3 Å². The number of piperidine rings is 3. The normalized spacial score (nSPS) is 30.0. The Labute approximate surface area is 240 Å². The molecule has 2 aromatic carbocycles. The Hall–Kier alpha value is -3.55. The quantitative estimate of drug-likeness (QED) is 0.498. The topological polar surface area (TPSA) is 123 Å². The molecule has 2 aliphatic carbocycles. The maximum Gasteiger partial charge on any atom is 0.264 e. The Morgan fingerprint density at radius 1 is 1.17 bits per heavy atom. The second-order valence-electron chi connectivity index (χ2n) is 11.5. The van der Waals surface area contributed by atoms with Gasteiger partial charge in [0.1, 0.15) is 12.1 Å². The largest absolute Gasteiger partial charge is 0.372 e. The summed E-state index contributed by atoms with van der Waals surface area (Å²) >= 11 is 6.27.